The molecule has 3 fully saturated rings. The van der Waals surface area contributed by atoms with E-state index in [2.05, 4.69) is 10.0 Å². The van der Waals surface area contributed by atoms with Crippen molar-refractivity contribution in [3.8, 4) is 28.6 Å². The fraction of sp³-hybridized carbons (Fsp3) is 0.553. The number of halogens is 4. The molecular formula is C47H57F4N5O10S. The standard InChI is InChI=1S/C47H57F4N5O10S/c1-25(2)65-38-15-12-29(20-35(38)48)36-21-30-19-32(64-7)13-14-34(30)41(52-36)66-33-22-37-40(57)53-46(43(59)54-67(62,63)45(6)16-17-45)23-31(46)11-9-8-10-26(3)18-27(4)39(42(58)55(37)24-33)56(44(60)61)28(5)47(49,50)51/h9,11-15,19-21,25-28,31,33,37,39H,8,10,16-18,22-24H2,1-7H3,(H,53,57)(H,54,59)(H,60,61)/t26-,27-,28-,31-,33-,37+,39+,46-/m1/s1. The van der Waals surface area contributed by atoms with Gasteiger partial charge in [0.15, 0.2) is 11.6 Å². The Morgan fingerprint density at radius 1 is 1.06 bits per heavy atom. The average molecular weight is 960 g/mol. The number of carbonyl (C=O) groups is 4. The zero-order valence-electron chi connectivity index (χ0n) is 38.4. The van der Waals surface area contributed by atoms with Gasteiger partial charge in [0, 0.05) is 23.3 Å². The van der Waals surface area contributed by atoms with Crippen molar-refractivity contribution in [1.29, 1.82) is 0 Å². The SMILES string of the molecule is COc1ccc2c(O[C@@H]3C[C@H]4C(=O)N[C@]5(C(=O)NS(=O)(=O)C6(C)CC6)C[C@H]5C=CCC[C@@H](C)C[C@@H](C)[C@H](N(C(=O)O)[C@H](C)C(F)(F)F)C(=O)N4C3)nc(-c3ccc(OC(C)C)c(F)c3)cc2c1. The minimum absolute atomic E-state index is 0.0103. The molecule has 20 heteroatoms. The minimum atomic E-state index is -5.08. The quantitative estimate of drug-likeness (QED) is 0.128. The molecule has 3 N–H and O–H groups in total. The molecule has 1 aromatic heterocycles. The number of hydrogen-bond donors (Lipinski definition) is 3. The number of fused-ring (bicyclic) bond motifs is 3. The number of amides is 4. The van der Waals surface area contributed by atoms with Crippen LogP contribution in [0.3, 0.4) is 0 Å². The Morgan fingerprint density at radius 2 is 1.78 bits per heavy atom. The first-order valence-electron chi connectivity index (χ1n) is 22.4. The van der Waals surface area contributed by atoms with Crippen LogP contribution >= 0.6 is 0 Å². The Balaban J connectivity index is 1.31. The van der Waals surface area contributed by atoms with Crippen LogP contribution in [-0.4, -0.2) is 113 Å². The summed E-state index contributed by atoms with van der Waals surface area (Å²) in [6, 6.07) is 4.86. The number of sulfonamides is 1. The Labute approximate surface area is 386 Å². The summed E-state index contributed by atoms with van der Waals surface area (Å²) in [4.78, 5) is 62.7. The van der Waals surface area contributed by atoms with Crippen molar-refractivity contribution < 1.29 is 64.5 Å². The number of ether oxygens (including phenoxy) is 3. The lowest BCUT2D eigenvalue weighted by Gasteiger charge is -2.40. The van der Waals surface area contributed by atoms with Gasteiger partial charge >= 0.3 is 12.3 Å². The van der Waals surface area contributed by atoms with Gasteiger partial charge < -0.3 is 29.5 Å². The lowest BCUT2D eigenvalue weighted by molar-refractivity contribution is -0.184. The highest BCUT2D eigenvalue weighted by Crippen LogP contribution is 2.48. The van der Waals surface area contributed by atoms with Gasteiger partial charge in [-0.3, -0.25) is 24.0 Å². The molecule has 8 atom stereocenters. The molecule has 0 unspecified atom stereocenters. The highest BCUT2D eigenvalue weighted by molar-refractivity contribution is 7.91. The van der Waals surface area contributed by atoms with Gasteiger partial charge in [-0.05, 0) is 126 Å². The molecule has 4 amide bonds. The average Bonchev–Trinajstić information content (AvgIpc) is 4.13. The molecule has 2 saturated carbocycles. The van der Waals surface area contributed by atoms with Crippen LogP contribution in [0, 0.1) is 23.6 Å². The van der Waals surface area contributed by atoms with E-state index in [1.165, 1.54) is 33.1 Å². The first-order chi connectivity index (χ1) is 31.4. The van der Waals surface area contributed by atoms with E-state index in [-0.39, 0.29) is 53.5 Å². The molecule has 67 heavy (non-hydrogen) atoms. The summed E-state index contributed by atoms with van der Waals surface area (Å²) >= 11 is 0. The highest BCUT2D eigenvalue weighted by atomic mass is 32.2. The first kappa shape index (κ1) is 49.3. The summed E-state index contributed by atoms with van der Waals surface area (Å²) in [5, 5.41) is 14.1. The maximum atomic E-state index is 15.3. The molecule has 0 radical (unpaired) electrons. The van der Waals surface area contributed by atoms with Gasteiger partial charge in [0.2, 0.25) is 27.7 Å². The summed E-state index contributed by atoms with van der Waals surface area (Å²) in [5.41, 5.74) is -1.18. The van der Waals surface area contributed by atoms with Gasteiger partial charge in [0.25, 0.3) is 5.91 Å². The van der Waals surface area contributed by atoms with E-state index < -0.39 is 98.7 Å². The van der Waals surface area contributed by atoms with Crippen molar-refractivity contribution in [2.45, 2.75) is 133 Å². The number of benzene rings is 2. The third-order valence-corrected chi connectivity index (χ3v) is 15.6. The minimum Gasteiger partial charge on any atom is -0.497 e. The van der Waals surface area contributed by atoms with Crippen LogP contribution < -0.4 is 24.2 Å². The summed E-state index contributed by atoms with van der Waals surface area (Å²) < 4.78 is 104. The Morgan fingerprint density at radius 3 is 2.40 bits per heavy atom. The Bertz CT molecular complexity index is 2570. The van der Waals surface area contributed by atoms with Crippen LogP contribution in [0.2, 0.25) is 0 Å². The summed E-state index contributed by atoms with van der Waals surface area (Å²) in [6.45, 7) is 8.55. The Hall–Kier alpha value is -5.66. The third kappa shape index (κ3) is 10.1. The van der Waals surface area contributed by atoms with Gasteiger partial charge in [-0.2, -0.15) is 13.2 Å². The van der Waals surface area contributed by atoms with Crippen molar-refractivity contribution in [3.05, 3.63) is 60.4 Å². The van der Waals surface area contributed by atoms with Crippen molar-refractivity contribution in [3.63, 3.8) is 0 Å². The molecule has 1 saturated heterocycles. The van der Waals surface area contributed by atoms with Gasteiger partial charge in [-0.15, -0.1) is 0 Å². The number of rotatable bonds is 11. The predicted molar refractivity (Wildman–Crippen MR) is 238 cm³/mol. The molecule has 4 aliphatic rings. The molecule has 2 aromatic carbocycles. The van der Waals surface area contributed by atoms with Crippen molar-refractivity contribution in [2.24, 2.45) is 17.8 Å². The highest BCUT2D eigenvalue weighted by Gasteiger charge is 2.63. The van der Waals surface area contributed by atoms with E-state index in [1.54, 1.807) is 56.3 Å². The lowest BCUT2D eigenvalue weighted by Crippen LogP contribution is -2.62. The smallest absolute Gasteiger partial charge is 0.408 e. The molecular weight excluding hydrogens is 903 g/mol. The van der Waals surface area contributed by atoms with Crippen molar-refractivity contribution in [1.82, 2.24) is 24.8 Å². The number of nitrogens with one attached hydrogen (secondary N) is 2. The molecule has 3 aromatic rings. The second-order valence-corrected chi connectivity index (χ2v) is 21.2. The summed E-state index contributed by atoms with van der Waals surface area (Å²) in [7, 11) is -2.70. The second-order valence-electron chi connectivity index (χ2n) is 19.0. The van der Waals surface area contributed by atoms with E-state index in [1.807, 2.05) is 6.92 Å². The molecule has 3 heterocycles. The third-order valence-electron chi connectivity index (χ3n) is 13.5. The van der Waals surface area contributed by atoms with E-state index in [0.29, 0.717) is 54.7 Å². The number of methoxy groups -OCH3 is 1. The van der Waals surface area contributed by atoms with Gasteiger partial charge in [-0.25, -0.2) is 22.6 Å². The van der Waals surface area contributed by atoms with E-state index in [4.69, 9.17) is 19.2 Å². The molecule has 2 aliphatic heterocycles. The van der Waals surface area contributed by atoms with E-state index in [9.17, 15) is 41.1 Å². The molecule has 2 aliphatic carbocycles. The number of hydrogen-bond acceptors (Lipinski definition) is 10. The molecule has 15 nitrogen and oxygen atoms in total. The fourth-order valence-corrected chi connectivity index (χ4v) is 10.5. The van der Waals surface area contributed by atoms with E-state index >= 15 is 9.18 Å². The topological polar surface area (TPSA) is 194 Å². The number of alkyl halides is 3. The van der Waals surface area contributed by atoms with Gasteiger partial charge in [0.05, 0.1) is 30.2 Å². The lowest BCUT2D eigenvalue weighted by atomic mass is 9.86. The molecule has 364 valence electrons. The second kappa shape index (κ2) is 18.4. The monoisotopic (exact) mass is 959 g/mol. The number of carboxylic acid groups (broad SMARTS) is 1. The molecule has 7 rings (SSSR count). The van der Waals surface area contributed by atoms with Crippen molar-refractivity contribution >= 4 is 44.6 Å². The number of carbonyl (C=O) groups excluding carboxylic acids is 3. The first-order valence-corrected chi connectivity index (χ1v) is 23.9. The maximum absolute atomic E-state index is 15.3. The van der Waals surface area contributed by atoms with Gasteiger partial charge in [0.1, 0.15) is 35.5 Å². The summed E-state index contributed by atoms with van der Waals surface area (Å²) in [5.74, 6) is -5.05. The Kier molecular flexibility index (Phi) is 13.6. The van der Waals surface area contributed by atoms with Crippen LogP contribution in [0.15, 0.2) is 54.6 Å². The van der Waals surface area contributed by atoms with Crippen molar-refractivity contribution in [2.75, 3.05) is 13.7 Å². The summed E-state index contributed by atoms with van der Waals surface area (Å²) in [6.07, 6.45) is -3.60. The maximum Gasteiger partial charge on any atom is 0.408 e. The van der Waals surface area contributed by atoms with E-state index in [0.717, 1.165) is 4.90 Å². The zero-order valence-corrected chi connectivity index (χ0v) is 39.2. The van der Waals surface area contributed by atoms with Gasteiger partial charge in [-0.1, -0.05) is 26.0 Å². The number of allylic oxidation sites excluding steroid dienone is 1. The fourth-order valence-electron chi connectivity index (χ4n) is 9.19. The van der Waals surface area contributed by atoms with Crippen LogP contribution in [0.4, 0.5) is 22.4 Å². The van der Waals surface area contributed by atoms with Crippen LogP contribution in [-0.2, 0) is 24.4 Å². The normalized spacial score (nSPS) is 26.9. The number of aromatic nitrogens is 1. The number of pyridine rings is 1. The molecule has 0 bridgehead atoms. The van der Waals surface area contributed by atoms with Crippen LogP contribution in [0.5, 0.6) is 17.4 Å². The largest absolute Gasteiger partial charge is 0.497 e. The molecule has 0 spiro atoms. The van der Waals surface area contributed by atoms with Crippen LogP contribution in [0.25, 0.3) is 22.0 Å². The zero-order chi connectivity index (χ0) is 49.0. The van der Waals surface area contributed by atoms with Crippen LogP contribution in [0.1, 0.15) is 86.5 Å². The number of nitrogens with zero attached hydrogens (tertiary/aromatic N) is 3. The predicted octanol–water partition coefficient (Wildman–Crippen LogP) is 7.37.